The van der Waals surface area contributed by atoms with Crippen LogP contribution in [0.2, 0.25) is 5.28 Å². The van der Waals surface area contributed by atoms with Gasteiger partial charge in [0.05, 0.1) is 6.20 Å². The second-order valence-electron chi connectivity index (χ2n) is 4.97. The molecule has 0 aliphatic carbocycles. The SMILES string of the molecule is CCn1c(Cl)nn2c([C@H]3CCCOCC3)ncc2c1=O. The molecular weight excluding hydrogens is 280 g/mol. The fraction of sp³-hybridized carbons (Fsp3) is 0.615. The van der Waals surface area contributed by atoms with Crippen LogP contribution >= 0.6 is 11.6 Å². The van der Waals surface area contributed by atoms with Gasteiger partial charge in [-0.05, 0) is 37.8 Å². The van der Waals surface area contributed by atoms with Crippen LogP contribution in [-0.4, -0.2) is 32.4 Å². The van der Waals surface area contributed by atoms with E-state index in [1.165, 1.54) is 4.57 Å². The molecule has 108 valence electrons. The number of halogens is 1. The van der Waals surface area contributed by atoms with Gasteiger partial charge in [0.1, 0.15) is 5.82 Å². The van der Waals surface area contributed by atoms with Gasteiger partial charge in [-0.25, -0.2) is 9.50 Å². The molecule has 2 aromatic rings. The second-order valence-corrected chi connectivity index (χ2v) is 5.31. The van der Waals surface area contributed by atoms with Crippen molar-refractivity contribution in [1.29, 1.82) is 0 Å². The van der Waals surface area contributed by atoms with Gasteiger partial charge in [0.2, 0.25) is 5.28 Å². The van der Waals surface area contributed by atoms with Gasteiger partial charge in [-0.15, -0.1) is 5.10 Å². The summed E-state index contributed by atoms with van der Waals surface area (Å²) in [6.45, 7) is 3.88. The van der Waals surface area contributed by atoms with E-state index in [2.05, 4.69) is 10.1 Å². The Bertz CT molecular complexity index is 671. The first-order chi connectivity index (χ1) is 9.72. The van der Waals surface area contributed by atoms with Gasteiger partial charge in [0.15, 0.2) is 5.52 Å². The van der Waals surface area contributed by atoms with Crippen molar-refractivity contribution in [3.63, 3.8) is 0 Å². The number of rotatable bonds is 2. The molecule has 1 atom stereocenters. The molecule has 7 heteroatoms. The highest BCUT2D eigenvalue weighted by Crippen LogP contribution is 2.26. The minimum atomic E-state index is -0.142. The molecule has 0 spiro atoms. The molecule has 20 heavy (non-hydrogen) atoms. The zero-order valence-corrected chi connectivity index (χ0v) is 12.1. The number of hydrogen-bond acceptors (Lipinski definition) is 4. The highest BCUT2D eigenvalue weighted by molar-refractivity contribution is 6.28. The highest BCUT2D eigenvalue weighted by atomic mass is 35.5. The first-order valence-electron chi connectivity index (χ1n) is 6.94. The molecule has 0 aromatic carbocycles. The molecule has 0 saturated carbocycles. The van der Waals surface area contributed by atoms with Crippen LogP contribution in [0.15, 0.2) is 11.0 Å². The summed E-state index contributed by atoms with van der Waals surface area (Å²) in [6, 6.07) is 0. The van der Waals surface area contributed by atoms with Gasteiger partial charge in [-0.1, -0.05) is 0 Å². The van der Waals surface area contributed by atoms with Gasteiger partial charge in [-0.3, -0.25) is 9.36 Å². The van der Waals surface area contributed by atoms with Gasteiger partial charge in [0.25, 0.3) is 5.56 Å². The van der Waals surface area contributed by atoms with Crippen LogP contribution in [0.3, 0.4) is 0 Å². The number of fused-ring (bicyclic) bond motifs is 1. The first-order valence-corrected chi connectivity index (χ1v) is 7.32. The third kappa shape index (κ3) is 2.23. The van der Waals surface area contributed by atoms with Crippen LogP contribution in [-0.2, 0) is 11.3 Å². The predicted octanol–water partition coefficient (Wildman–Crippen LogP) is 1.85. The van der Waals surface area contributed by atoms with E-state index in [4.69, 9.17) is 16.3 Å². The van der Waals surface area contributed by atoms with Crippen LogP contribution in [0.25, 0.3) is 5.52 Å². The maximum absolute atomic E-state index is 12.3. The topological polar surface area (TPSA) is 61.4 Å². The molecule has 1 saturated heterocycles. The summed E-state index contributed by atoms with van der Waals surface area (Å²) in [4.78, 5) is 16.7. The third-order valence-electron chi connectivity index (χ3n) is 3.77. The molecule has 0 N–H and O–H groups in total. The minimum absolute atomic E-state index is 0.142. The lowest BCUT2D eigenvalue weighted by Crippen LogP contribution is -2.24. The second kappa shape index (κ2) is 5.54. The van der Waals surface area contributed by atoms with E-state index >= 15 is 0 Å². The van der Waals surface area contributed by atoms with E-state index in [0.29, 0.717) is 12.1 Å². The quantitative estimate of drug-likeness (QED) is 0.848. The summed E-state index contributed by atoms with van der Waals surface area (Å²) in [5.74, 6) is 1.08. The van der Waals surface area contributed by atoms with E-state index in [9.17, 15) is 4.79 Å². The fourth-order valence-corrected chi connectivity index (χ4v) is 2.96. The minimum Gasteiger partial charge on any atom is -0.381 e. The Labute approximate surface area is 121 Å². The van der Waals surface area contributed by atoms with Crippen molar-refractivity contribution in [3.8, 4) is 0 Å². The zero-order valence-electron chi connectivity index (χ0n) is 11.4. The van der Waals surface area contributed by atoms with Crippen molar-refractivity contribution in [1.82, 2.24) is 19.2 Å². The average Bonchev–Trinajstić information content (AvgIpc) is 2.68. The van der Waals surface area contributed by atoms with Crippen molar-refractivity contribution < 1.29 is 4.74 Å². The van der Waals surface area contributed by atoms with E-state index in [1.807, 2.05) is 6.92 Å². The predicted molar refractivity (Wildman–Crippen MR) is 75.3 cm³/mol. The Balaban J connectivity index is 2.11. The molecule has 2 aromatic heterocycles. The Morgan fingerprint density at radius 2 is 2.30 bits per heavy atom. The molecule has 1 fully saturated rings. The zero-order chi connectivity index (χ0) is 14.1. The summed E-state index contributed by atoms with van der Waals surface area (Å²) in [7, 11) is 0. The van der Waals surface area contributed by atoms with Crippen LogP contribution in [0.4, 0.5) is 0 Å². The summed E-state index contributed by atoms with van der Waals surface area (Å²) >= 11 is 6.09. The molecule has 3 heterocycles. The van der Waals surface area contributed by atoms with Crippen LogP contribution < -0.4 is 5.56 Å². The van der Waals surface area contributed by atoms with Crippen molar-refractivity contribution in [2.45, 2.75) is 38.6 Å². The number of ether oxygens (including phenoxy) is 1. The number of aromatic nitrogens is 4. The maximum atomic E-state index is 12.3. The van der Waals surface area contributed by atoms with E-state index in [0.717, 1.165) is 38.3 Å². The standard InChI is InChI=1S/C13H17ClN4O2/c1-2-17-12(19)10-8-15-11(18(10)16-13(17)14)9-4-3-6-20-7-5-9/h8-9H,2-7H2,1H3/t9-/m0/s1. The van der Waals surface area contributed by atoms with Crippen LogP contribution in [0.1, 0.15) is 37.9 Å². The highest BCUT2D eigenvalue weighted by Gasteiger charge is 2.21. The molecule has 0 amide bonds. The van der Waals surface area contributed by atoms with E-state index in [1.54, 1.807) is 10.7 Å². The Morgan fingerprint density at radius 1 is 1.45 bits per heavy atom. The van der Waals surface area contributed by atoms with Crippen molar-refractivity contribution in [2.75, 3.05) is 13.2 Å². The van der Waals surface area contributed by atoms with Gasteiger partial charge in [-0.2, -0.15) is 0 Å². The summed E-state index contributed by atoms with van der Waals surface area (Å²) in [6.07, 6.45) is 4.49. The van der Waals surface area contributed by atoms with E-state index in [-0.39, 0.29) is 16.8 Å². The molecule has 1 aliphatic rings. The summed E-state index contributed by atoms with van der Waals surface area (Å²) in [5, 5.41) is 4.52. The molecule has 3 rings (SSSR count). The molecule has 1 aliphatic heterocycles. The lowest BCUT2D eigenvalue weighted by Gasteiger charge is -2.12. The number of hydrogen-bond donors (Lipinski definition) is 0. The smallest absolute Gasteiger partial charge is 0.280 e. The Morgan fingerprint density at radius 3 is 3.10 bits per heavy atom. The Hall–Kier alpha value is -1.40. The fourth-order valence-electron chi connectivity index (χ4n) is 2.68. The number of nitrogens with zero attached hydrogens (tertiary/aromatic N) is 4. The molecule has 0 radical (unpaired) electrons. The molecule has 0 bridgehead atoms. The third-order valence-corrected chi connectivity index (χ3v) is 4.05. The Kier molecular flexibility index (Phi) is 3.76. The normalized spacial score (nSPS) is 20.2. The molecule has 6 nitrogen and oxygen atoms in total. The van der Waals surface area contributed by atoms with Gasteiger partial charge < -0.3 is 4.74 Å². The van der Waals surface area contributed by atoms with Crippen LogP contribution in [0, 0.1) is 0 Å². The lowest BCUT2D eigenvalue weighted by molar-refractivity contribution is 0.143. The maximum Gasteiger partial charge on any atom is 0.280 e. The number of imidazole rings is 1. The first kappa shape index (κ1) is 13.6. The summed E-state index contributed by atoms with van der Waals surface area (Å²) in [5.41, 5.74) is 0.340. The lowest BCUT2D eigenvalue weighted by atomic mass is 10.0. The monoisotopic (exact) mass is 296 g/mol. The summed E-state index contributed by atoms with van der Waals surface area (Å²) < 4.78 is 8.52. The molecule has 0 unspecified atom stereocenters. The molecular formula is C13H17ClN4O2. The average molecular weight is 297 g/mol. The van der Waals surface area contributed by atoms with Crippen molar-refractivity contribution in [3.05, 3.63) is 27.7 Å². The largest absolute Gasteiger partial charge is 0.381 e. The van der Waals surface area contributed by atoms with Gasteiger partial charge >= 0.3 is 0 Å². The van der Waals surface area contributed by atoms with Crippen LogP contribution in [0.5, 0.6) is 0 Å². The van der Waals surface area contributed by atoms with E-state index < -0.39 is 0 Å². The van der Waals surface area contributed by atoms with Crippen molar-refractivity contribution in [2.24, 2.45) is 0 Å². The van der Waals surface area contributed by atoms with Crippen molar-refractivity contribution >= 4 is 17.1 Å². The van der Waals surface area contributed by atoms with Gasteiger partial charge in [0, 0.05) is 25.7 Å².